The van der Waals surface area contributed by atoms with Crippen LogP contribution in [0, 0.1) is 24.2 Å². The summed E-state index contributed by atoms with van der Waals surface area (Å²) in [6.07, 6.45) is 0.176. The fraction of sp³-hybridized carbons (Fsp3) is 0.333. The van der Waals surface area contributed by atoms with E-state index in [1.165, 1.54) is 11.8 Å². The summed E-state index contributed by atoms with van der Waals surface area (Å²) >= 11 is 1.53. The van der Waals surface area contributed by atoms with Gasteiger partial charge >= 0.3 is 0 Å². The smallest absolute Gasteiger partial charge is 0.248 e. The van der Waals surface area contributed by atoms with Crippen LogP contribution in [0.5, 0.6) is 0 Å². The highest BCUT2D eigenvalue weighted by atomic mass is 32.2. The highest BCUT2D eigenvalue weighted by molar-refractivity contribution is 7.99. The van der Waals surface area contributed by atoms with Gasteiger partial charge in [0.05, 0.1) is 23.4 Å². The lowest BCUT2D eigenvalue weighted by molar-refractivity contribution is -0.139. The molecule has 0 bridgehead atoms. The van der Waals surface area contributed by atoms with Crippen molar-refractivity contribution < 1.29 is 14.4 Å². The molecule has 2 aromatic rings. The van der Waals surface area contributed by atoms with E-state index in [2.05, 4.69) is 5.32 Å². The predicted octanol–water partition coefficient (Wildman–Crippen LogP) is 2.76. The van der Waals surface area contributed by atoms with Crippen molar-refractivity contribution in [1.29, 1.82) is 5.26 Å². The van der Waals surface area contributed by atoms with Gasteiger partial charge in [-0.15, -0.1) is 11.8 Å². The van der Waals surface area contributed by atoms with Crippen LogP contribution < -0.4 is 5.32 Å². The summed E-state index contributed by atoms with van der Waals surface area (Å²) in [4.78, 5) is 41.9. The van der Waals surface area contributed by atoms with Crippen LogP contribution in [-0.2, 0) is 20.9 Å². The van der Waals surface area contributed by atoms with Crippen LogP contribution in [0.15, 0.2) is 48.5 Å². The average Bonchev–Trinajstić information content (AvgIpc) is 3.43. The molecule has 164 valence electrons. The number of thioether (sulfide) groups is 1. The Morgan fingerprint density at radius 1 is 1.16 bits per heavy atom. The van der Waals surface area contributed by atoms with Crippen LogP contribution in [0.25, 0.3) is 0 Å². The lowest BCUT2D eigenvalue weighted by atomic mass is 10.1. The summed E-state index contributed by atoms with van der Waals surface area (Å²) in [7, 11) is 0. The van der Waals surface area contributed by atoms with Gasteiger partial charge in [-0.2, -0.15) is 5.26 Å². The molecule has 3 amide bonds. The van der Waals surface area contributed by atoms with E-state index in [4.69, 9.17) is 5.26 Å². The molecule has 1 N–H and O–H groups in total. The number of aryl methyl sites for hydroxylation is 1. The van der Waals surface area contributed by atoms with E-state index in [1.54, 1.807) is 34.1 Å². The molecule has 2 saturated heterocycles. The third kappa shape index (κ3) is 4.78. The Labute approximate surface area is 191 Å². The Morgan fingerprint density at radius 2 is 1.88 bits per heavy atom. The molecular weight excluding hydrogens is 424 g/mol. The standard InChI is InChI=1S/C24H24N4O3S/c1-16-2-4-18(5-3-16)12-27-13-19(10-22(27)29)24(31)28-15-32-14-21(28)23(30)26-20-8-6-17(11-25)7-9-20/h2-9,19,21H,10,12-15H2,1H3,(H,26,30). The van der Waals surface area contributed by atoms with Crippen LogP contribution in [-0.4, -0.2) is 51.7 Å². The molecule has 2 aliphatic heterocycles. The van der Waals surface area contributed by atoms with Crippen LogP contribution in [0.2, 0.25) is 0 Å². The van der Waals surface area contributed by atoms with Crippen molar-refractivity contribution in [2.24, 2.45) is 5.92 Å². The van der Waals surface area contributed by atoms with Crippen LogP contribution in [0.4, 0.5) is 5.69 Å². The lowest BCUT2D eigenvalue weighted by Crippen LogP contribution is -2.47. The Bertz CT molecular complexity index is 1060. The monoisotopic (exact) mass is 448 g/mol. The Balaban J connectivity index is 1.38. The number of carbonyl (C=O) groups excluding carboxylic acids is 3. The zero-order chi connectivity index (χ0) is 22.7. The van der Waals surface area contributed by atoms with Gasteiger partial charge in [0, 0.05) is 31.0 Å². The molecule has 2 heterocycles. The molecule has 0 aliphatic carbocycles. The van der Waals surface area contributed by atoms with Crippen molar-refractivity contribution >= 4 is 35.2 Å². The van der Waals surface area contributed by atoms with Gasteiger partial charge in [-0.1, -0.05) is 29.8 Å². The normalized spacial score (nSPS) is 20.3. The number of anilines is 1. The molecule has 2 fully saturated rings. The second-order valence-corrected chi connectivity index (χ2v) is 9.16. The van der Waals surface area contributed by atoms with E-state index < -0.39 is 12.0 Å². The third-order valence-electron chi connectivity index (χ3n) is 5.81. The molecule has 0 aromatic heterocycles. The van der Waals surface area contributed by atoms with Gasteiger partial charge in [0.1, 0.15) is 6.04 Å². The van der Waals surface area contributed by atoms with Crippen LogP contribution in [0.1, 0.15) is 23.1 Å². The number of benzene rings is 2. The quantitative estimate of drug-likeness (QED) is 0.759. The molecular formula is C24H24N4O3S. The summed E-state index contributed by atoms with van der Waals surface area (Å²) in [6, 6.07) is 16.1. The maximum Gasteiger partial charge on any atom is 0.248 e. The number of carbonyl (C=O) groups is 3. The van der Waals surface area contributed by atoms with E-state index in [0.29, 0.717) is 36.0 Å². The van der Waals surface area contributed by atoms with Crippen LogP contribution >= 0.6 is 11.8 Å². The fourth-order valence-electron chi connectivity index (χ4n) is 3.97. The maximum atomic E-state index is 13.2. The van der Waals surface area contributed by atoms with Crippen molar-refractivity contribution in [1.82, 2.24) is 9.80 Å². The SMILES string of the molecule is Cc1ccc(CN2CC(C(=O)N3CSCC3C(=O)Nc3ccc(C#N)cc3)CC2=O)cc1. The maximum absolute atomic E-state index is 13.2. The number of nitrogens with one attached hydrogen (secondary N) is 1. The number of hydrogen-bond acceptors (Lipinski definition) is 5. The Hall–Kier alpha value is -3.31. The number of likely N-dealkylation sites (tertiary alicyclic amines) is 1. The predicted molar refractivity (Wildman–Crippen MR) is 122 cm³/mol. The molecule has 0 radical (unpaired) electrons. The summed E-state index contributed by atoms with van der Waals surface area (Å²) < 4.78 is 0. The number of rotatable bonds is 5. The second kappa shape index (κ2) is 9.45. The van der Waals surface area contributed by atoms with Gasteiger partial charge in [0.25, 0.3) is 0 Å². The van der Waals surface area contributed by atoms with Crippen molar-refractivity contribution in [3.05, 3.63) is 65.2 Å². The van der Waals surface area contributed by atoms with Gasteiger partial charge < -0.3 is 15.1 Å². The van der Waals surface area contributed by atoms with Crippen molar-refractivity contribution in [2.45, 2.75) is 25.9 Å². The highest BCUT2D eigenvalue weighted by Crippen LogP contribution is 2.28. The van der Waals surface area contributed by atoms with Gasteiger partial charge in [0.2, 0.25) is 17.7 Å². The van der Waals surface area contributed by atoms with E-state index in [1.807, 2.05) is 37.3 Å². The Kier molecular flexibility index (Phi) is 6.47. The van der Waals surface area contributed by atoms with E-state index >= 15 is 0 Å². The molecule has 32 heavy (non-hydrogen) atoms. The summed E-state index contributed by atoms with van der Waals surface area (Å²) in [5.74, 6) is 0.0870. The lowest BCUT2D eigenvalue weighted by Gasteiger charge is -2.26. The molecule has 2 aliphatic rings. The molecule has 0 saturated carbocycles. The van der Waals surface area contributed by atoms with Crippen molar-refractivity contribution in [3.63, 3.8) is 0 Å². The minimum Gasteiger partial charge on any atom is -0.338 e. The molecule has 7 nitrogen and oxygen atoms in total. The molecule has 2 aromatic carbocycles. The van der Waals surface area contributed by atoms with E-state index in [0.717, 1.165) is 11.1 Å². The van der Waals surface area contributed by atoms with Crippen molar-refractivity contribution in [3.8, 4) is 6.07 Å². The average molecular weight is 449 g/mol. The van der Waals surface area contributed by atoms with Crippen LogP contribution in [0.3, 0.4) is 0 Å². The van der Waals surface area contributed by atoms with Gasteiger partial charge in [-0.05, 0) is 36.8 Å². The highest BCUT2D eigenvalue weighted by Gasteiger charge is 2.42. The minimum atomic E-state index is -0.579. The van der Waals surface area contributed by atoms with E-state index in [-0.39, 0.29) is 24.1 Å². The number of hydrogen-bond donors (Lipinski definition) is 1. The van der Waals surface area contributed by atoms with Crippen molar-refractivity contribution in [2.75, 3.05) is 23.5 Å². The summed E-state index contributed by atoms with van der Waals surface area (Å²) in [6.45, 7) is 2.87. The topological polar surface area (TPSA) is 93.5 Å². The zero-order valence-corrected chi connectivity index (χ0v) is 18.6. The Morgan fingerprint density at radius 3 is 2.56 bits per heavy atom. The van der Waals surface area contributed by atoms with E-state index in [9.17, 15) is 14.4 Å². The summed E-state index contributed by atoms with van der Waals surface area (Å²) in [5.41, 5.74) is 3.29. The van der Waals surface area contributed by atoms with Gasteiger partial charge in [-0.3, -0.25) is 14.4 Å². The molecule has 4 rings (SSSR count). The largest absolute Gasteiger partial charge is 0.338 e. The number of nitriles is 1. The number of amides is 3. The zero-order valence-electron chi connectivity index (χ0n) is 17.8. The first kappa shape index (κ1) is 21.9. The number of nitrogens with zero attached hydrogens (tertiary/aromatic N) is 3. The third-order valence-corrected chi connectivity index (χ3v) is 6.82. The molecule has 8 heteroatoms. The van der Waals surface area contributed by atoms with Gasteiger partial charge in [-0.25, -0.2) is 0 Å². The van der Waals surface area contributed by atoms with Gasteiger partial charge in [0.15, 0.2) is 0 Å². The molecule has 2 unspecified atom stereocenters. The first-order valence-corrected chi connectivity index (χ1v) is 11.6. The minimum absolute atomic E-state index is 0.0330. The molecule has 2 atom stereocenters. The first-order valence-electron chi connectivity index (χ1n) is 10.5. The first-order chi connectivity index (χ1) is 15.4. The molecule has 0 spiro atoms. The summed E-state index contributed by atoms with van der Waals surface area (Å²) in [5, 5.41) is 11.7. The fourth-order valence-corrected chi connectivity index (χ4v) is 5.13. The second-order valence-electron chi connectivity index (χ2n) is 8.16.